The van der Waals surface area contributed by atoms with Gasteiger partial charge in [-0.1, -0.05) is 41.9 Å². The van der Waals surface area contributed by atoms with Crippen LogP contribution in [-0.2, 0) is 6.54 Å². The molecule has 0 bridgehead atoms. The number of aryl methyl sites for hydroxylation is 1. The Labute approximate surface area is 204 Å². The highest BCUT2D eigenvalue weighted by Gasteiger charge is 2.23. The lowest BCUT2D eigenvalue weighted by molar-refractivity contribution is 0.0843. The minimum atomic E-state index is -0.698. The molecule has 0 aliphatic heterocycles. The van der Waals surface area contributed by atoms with E-state index in [0.29, 0.717) is 16.5 Å². The van der Waals surface area contributed by atoms with Crippen molar-refractivity contribution >= 4 is 34.2 Å². The molecular formula is C24H22ClFN6O3. The van der Waals surface area contributed by atoms with Gasteiger partial charge in [0.05, 0.1) is 23.7 Å². The van der Waals surface area contributed by atoms with Crippen LogP contribution in [0, 0.1) is 12.7 Å². The molecule has 35 heavy (non-hydrogen) atoms. The highest BCUT2D eigenvalue weighted by atomic mass is 35.5. The summed E-state index contributed by atoms with van der Waals surface area (Å²) in [5, 5.41) is 9.27. The number of carbonyl (C=O) groups excluding carboxylic acids is 2. The molecule has 0 spiro atoms. The van der Waals surface area contributed by atoms with Crippen LogP contribution < -0.4 is 16.4 Å². The van der Waals surface area contributed by atoms with Gasteiger partial charge in [0, 0.05) is 5.39 Å². The van der Waals surface area contributed by atoms with Crippen molar-refractivity contribution in [1.29, 1.82) is 0 Å². The van der Waals surface area contributed by atoms with Crippen LogP contribution in [0.2, 0.25) is 5.15 Å². The second-order valence-corrected chi connectivity index (χ2v) is 8.54. The van der Waals surface area contributed by atoms with Gasteiger partial charge in [-0.2, -0.15) is 10.2 Å². The van der Waals surface area contributed by atoms with Crippen LogP contribution in [0.1, 0.15) is 52.0 Å². The third kappa shape index (κ3) is 4.78. The molecule has 2 aromatic heterocycles. The van der Waals surface area contributed by atoms with Crippen molar-refractivity contribution in [3.8, 4) is 0 Å². The first kappa shape index (κ1) is 24.1. The predicted octanol–water partition coefficient (Wildman–Crippen LogP) is 3.40. The van der Waals surface area contributed by atoms with Crippen LogP contribution in [0.3, 0.4) is 0 Å². The summed E-state index contributed by atoms with van der Waals surface area (Å²) in [7, 11) is 0. The molecule has 0 saturated heterocycles. The van der Waals surface area contributed by atoms with Crippen LogP contribution in [-0.4, -0.2) is 31.4 Å². The van der Waals surface area contributed by atoms with Crippen molar-refractivity contribution in [2.75, 3.05) is 0 Å². The smallest absolute Gasteiger partial charge is 0.267 e. The molecule has 4 rings (SSSR count). The maximum absolute atomic E-state index is 13.2. The van der Waals surface area contributed by atoms with Crippen molar-refractivity contribution in [1.82, 2.24) is 30.4 Å². The number of aromatic nitrogens is 4. The topological polar surface area (TPSA) is 111 Å². The Morgan fingerprint density at radius 3 is 2.29 bits per heavy atom. The van der Waals surface area contributed by atoms with Gasteiger partial charge < -0.3 is 0 Å². The predicted molar refractivity (Wildman–Crippen MR) is 129 cm³/mol. The fourth-order valence-corrected chi connectivity index (χ4v) is 3.96. The molecule has 11 heteroatoms. The fraction of sp³-hybridized carbons (Fsp3) is 0.208. The lowest BCUT2D eigenvalue weighted by Gasteiger charge is -2.13. The highest BCUT2D eigenvalue weighted by Crippen LogP contribution is 2.21. The number of nitrogens with zero attached hydrogens (tertiary/aromatic N) is 4. The van der Waals surface area contributed by atoms with Gasteiger partial charge in [-0.3, -0.25) is 25.2 Å². The van der Waals surface area contributed by atoms with Gasteiger partial charge in [0.1, 0.15) is 16.5 Å². The number of fused-ring (bicyclic) bond motifs is 1. The van der Waals surface area contributed by atoms with E-state index in [9.17, 15) is 18.8 Å². The number of hydrogen-bond acceptors (Lipinski definition) is 5. The van der Waals surface area contributed by atoms with Gasteiger partial charge >= 0.3 is 0 Å². The molecule has 0 aliphatic carbocycles. The number of carbonyl (C=O) groups is 2. The monoisotopic (exact) mass is 496 g/mol. The van der Waals surface area contributed by atoms with E-state index in [-0.39, 0.29) is 40.4 Å². The van der Waals surface area contributed by atoms with E-state index in [2.05, 4.69) is 21.0 Å². The van der Waals surface area contributed by atoms with Crippen LogP contribution >= 0.6 is 11.6 Å². The first-order valence-electron chi connectivity index (χ1n) is 10.8. The molecule has 0 saturated carbocycles. The zero-order chi connectivity index (χ0) is 25.3. The maximum atomic E-state index is 13.2. The summed E-state index contributed by atoms with van der Waals surface area (Å²) >= 11 is 6.39. The standard InChI is InChI=1S/C24H22ClFN6O3/c1-13(2)32-24(35)18-7-5-4-6-17(18)20(30-32)23(34)28-27-22(33)19-14(3)29-31(21(19)25)12-15-8-10-16(26)11-9-15/h4-11,13H,12H2,1-3H3,(H,27,33)(H,28,34). The summed E-state index contributed by atoms with van der Waals surface area (Å²) < 4.78 is 15.8. The molecule has 0 radical (unpaired) electrons. The molecular weight excluding hydrogens is 475 g/mol. The molecule has 0 unspecified atom stereocenters. The van der Waals surface area contributed by atoms with Gasteiger partial charge in [0.2, 0.25) is 0 Å². The van der Waals surface area contributed by atoms with E-state index in [1.165, 1.54) is 21.5 Å². The van der Waals surface area contributed by atoms with Crippen molar-refractivity contribution in [2.24, 2.45) is 0 Å². The van der Waals surface area contributed by atoms with Crippen LogP contribution in [0.5, 0.6) is 0 Å². The molecule has 2 heterocycles. The summed E-state index contributed by atoms with van der Waals surface area (Å²) in [5.41, 5.74) is 5.53. The van der Waals surface area contributed by atoms with Gasteiger partial charge in [-0.05, 0) is 44.5 Å². The number of benzene rings is 2. The summed E-state index contributed by atoms with van der Waals surface area (Å²) in [5.74, 6) is -1.73. The highest BCUT2D eigenvalue weighted by molar-refractivity contribution is 6.33. The Morgan fingerprint density at radius 2 is 1.63 bits per heavy atom. The first-order valence-corrected chi connectivity index (χ1v) is 11.1. The fourth-order valence-electron chi connectivity index (χ4n) is 3.64. The van der Waals surface area contributed by atoms with E-state index in [1.807, 2.05) is 0 Å². The summed E-state index contributed by atoms with van der Waals surface area (Å²) in [6.45, 7) is 5.39. The van der Waals surface area contributed by atoms with Gasteiger partial charge in [0.25, 0.3) is 17.4 Å². The second-order valence-electron chi connectivity index (χ2n) is 8.18. The normalized spacial score (nSPS) is 11.1. The lowest BCUT2D eigenvalue weighted by Crippen LogP contribution is -2.43. The number of amides is 2. The minimum absolute atomic E-state index is 0.0102. The van der Waals surface area contributed by atoms with Gasteiger partial charge in [0.15, 0.2) is 5.69 Å². The van der Waals surface area contributed by atoms with Crippen molar-refractivity contribution in [3.05, 3.63) is 92.4 Å². The molecule has 0 fully saturated rings. The Hall–Kier alpha value is -4.05. The molecule has 2 aromatic carbocycles. The minimum Gasteiger partial charge on any atom is -0.267 e. The number of hydrazine groups is 1. The van der Waals surface area contributed by atoms with Crippen LogP contribution in [0.25, 0.3) is 10.8 Å². The third-order valence-electron chi connectivity index (χ3n) is 5.36. The van der Waals surface area contributed by atoms with Gasteiger partial charge in [-0.15, -0.1) is 0 Å². The zero-order valence-corrected chi connectivity index (χ0v) is 19.9. The first-order chi connectivity index (χ1) is 16.7. The average Bonchev–Trinajstić information content (AvgIpc) is 3.11. The lowest BCUT2D eigenvalue weighted by atomic mass is 10.1. The van der Waals surface area contributed by atoms with Gasteiger partial charge in [-0.25, -0.2) is 13.8 Å². The largest absolute Gasteiger partial charge is 0.290 e. The van der Waals surface area contributed by atoms with Crippen LogP contribution in [0.15, 0.2) is 53.3 Å². The quantitative estimate of drug-likeness (QED) is 0.411. The van der Waals surface area contributed by atoms with E-state index in [1.54, 1.807) is 57.2 Å². The second kappa shape index (κ2) is 9.67. The van der Waals surface area contributed by atoms with Crippen molar-refractivity contribution in [3.63, 3.8) is 0 Å². The van der Waals surface area contributed by atoms with E-state index in [0.717, 1.165) is 5.56 Å². The van der Waals surface area contributed by atoms with Crippen molar-refractivity contribution in [2.45, 2.75) is 33.4 Å². The molecule has 2 amide bonds. The Kier molecular flexibility index (Phi) is 6.65. The van der Waals surface area contributed by atoms with E-state index >= 15 is 0 Å². The molecule has 4 aromatic rings. The third-order valence-corrected chi connectivity index (χ3v) is 5.74. The summed E-state index contributed by atoms with van der Waals surface area (Å²) in [4.78, 5) is 38.4. The molecule has 2 N–H and O–H groups in total. The van der Waals surface area contributed by atoms with Crippen molar-refractivity contribution < 1.29 is 14.0 Å². The number of rotatable bonds is 5. The molecule has 0 aliphatic rings. The van der Waals surface area contributed by atoms with E-state index < -0.39 is 11.8 Å². The summed E-state index contributed by atoms with van der Waals surface area (Å²) in [6, 6.07) is 12.2. The molecule has 0 atom stereocenters. The SMILES string of the molecule is Cc1nn(Cc2ccc(F)cc2)c(Cl)c1C(=O)NNC(=O)c1nn(C(C)C)c(=O)c2ccccc12. The number of halogens is 2. The zero-order valence-electron chi connectivity index (χ0n) is 19.2. The Balaban J connectivity index is 1.56. The summed E-state index contributed by atoms with van der Waals surface area (Å²) in [6.07, 6.45) is 0. The maximum Gasteiger partial charge on any atom is 0.290 e. The van der Waals surface area contributed by atoms with Crippen LogP contribution in [0.4, 0.5) is 4.39 Å². The number of hydrogen-bond donors (Lipinski definition) is 2. The Morgan fingerprint density at radius 1 is 1.00 bits per heavy atom. The number of nitrogens with one attached hydrogen (secondary N) is 2. The molecule has 9 nitrogen and oxygen atoms in total. The average molecular weight is 497 g/mol. The molecule has 180 valence electrons. The van der Waals surface area contributed by atoms with E-state index in [4.69, 9.17) is 11.6 Å². The Bertz CT molecular complexity index is 1490.